The average molecular weight is 354 g/mol. The molecule has 0 bridgehead atoms. The number of aromatic amines is 1. The Morgan fingerprint density at radius 2 is 2.19 bits per heavy atom. The lowest BCUT2D eigenvalue weighted by Crippen LogP contribution is -2.25. The second-order valence-electron chi connectivity index (χ2n) is 7.38. The summed E-state index contributed by atoms with van der Waals surface area (Å²) in [5.74, 6) is 2.37. The van der Waals surface area contributed by atoms with Crippen molar-refractivity contribution in [2.45, 2.75) is 58.4 Å². The molecule has 1 saturated heterocycles. The quantitative estimate of drug-likeness (QED) is 0.877. The van der Waals surface area contributed by atoms with Gasteiger partial charge in [-0.3, -0.25) is 9.89 Å². The molecule has 0 spiro atoms. The van der Waals surface area contributed by atoms with Crippen LogP contribution in [0, 0.1) is 6.92 Å². The van der Waals surface area contributed by atoms with Gasteiger partial charge in [0.2, 0.25) is 5.91 Å². The summed E-state index contributed by atoms with van der Waals surface area (Å²) in [7, 11) is 0. The summed E-state index contributed by atoms with van der Waals surface area (Å²) in [4.78, 5) is 23.1. The number of carbonyl (C=O) groups excluding carboxylic acids is 1. The van der Waals surface area contributed by atoms with Gasteiger partial charge in [0.1, 0.15) is 11.6 Å². The zero-order valence-corrected chi connectivity index (χ0v) is 15.5. The van der Waals surface area contributed by atoms with Crippen LogP contribution in [0.4, 0.5) is 5.82 Å². The molecule has 1 aliphatic heterocycles. The normalized spacial score (nSPS) is 19.5. The van der Waals surface area contributed by atoms with Gasteiger partial charge in [0.15, 0.2) is 0 Å². The zero-order valence-electron chi connectivity index (χ0n) is 15.5. The smallest absolute Gasteiger partial charge is 0.217 e. The molecule has 138 valence electrons. The number of fused-ring (bicyclic) bond motifs is 1. The molecule has 7 heteroatoms. The van der Waals surface area contributed by atoms with Gasteiger partial charge >= 0.3 is 0 Å². The minimum atomic E-state index is -0.0201. The minimum absolute atomic E-state index is 0.0201. The molecule has 0 radical (unpaired) electrons. The highest BCUT2D eigenvalue weighted by atomic mass is 16.1. The van der Waals surface area contributed by atoms with Crippen LogP contribution >= 0.6 is 0 Å². The van der Waals surface area contributed by atoms with E-state index in [0.717, 1.165) is 55.3 Å². The van der Waals surface area contributed by atoms with E-state index in [0.29, 0.717) is 12.5 Å². The maximum Gasteiger partial charge on any atom is 0.217 e. The Morgan fingerprint density at radius 3 is 3.04 bits per heavy atom. The van der Waals surface area contributed by atoms with Gasteiger partial charge in [0, 0.05) is 55.0 Å². The summed E-state index contributed by atoms with van der Waals surface area (Å²) < 4.78 is 0. The molecule has 2 aromatic rings. The maximum absolute atomic E-state index is 11.2. The summed E-state index contributed by atoms with van der Waals surface area (Å²) in [6.07, 6.45) is 7.50. The van der Waals surface area contributed by atoms with Crippen LogP contribution in [0.15, 0.2) is 6.20 Å². The number of hydrogen-bond acceptors (Lipinski definition) is 5. The van der Waals surface area contributed by atoms with E-state index in [4.69, 9.17) is 4.98 Å². The van der Waals surface area contributed by atoms with Gasteiger partial charge < -0.3 is 10.2 Å². The molecule has 4 rings (SSSR count). The van der Waals surface area contributed by atoms with Crippen molar-refractivity contribution in [2.24, 2.45) is 0 Å². The van der Waals surface area contributed by atoms with E-state index in [9.17, 15) is 4.79 Å². The summed E-state index contributed by atoms with van der Waals surface area (Å²) in [6.45, 7) is 5.98. The average Bonchev–Trinajstić information content (AvgIpc) is 3.28. The van der Waals surface area contributed by atoms with Crippen LogP contribution in [-0.2, 0) is 24.2 Å². The van der Waals surface area contributed by atoms with Crippen molar-refractivity contribution in [3.05, 3.63) is 34.5 Å². The van der Waals surface area contributed by atoms with E-state index in [-0.39, 0.29) is 5.91 Å². The third-order valence-electron chi connectivity index (χ3n) is 5.45. The molecular formula is C19H26N6O. The highest BCUT2D eigenvalue weighted by Crippen LogP contribution is 2.34. The number of carbonyl (C=O) groups is 1. The van der Waals surface area contributed by atoms with Crippen molar-refractivity contribution in [2.75, 3.05) is 18.0 Å². The third-order valence-corrected chi connectivity index (χ3v) is 5.45. The molecule has 7 nitrogen and oxygen atoms in total. The summed E-state index contributed by atoms with van der Waals surface area (Å²) in [5.41, 5.74) is 4.81. The molecule has 3 heterocycles. The Kier molecular flexibility index (Phi) is 4.61. The molecule has 1 atom stereocenters. The lowest BCUT2D eigenvalue weighted by Gasteiger charge is -2.25. The van der Waals surface area contributed by atoms with Crippen molar-refractivity contribution < 1.29 is 4.79 Å². The number of aromatic nitrogens is 4. The standard InChI is InChI=1S/C19H26N6O/c1-12-22-17-6-4-3-5-16(17)19(23-12)25-8-7-14(11-25)18-15(10-21-24-18)9-20-13(2)26/h10,14H,3-9,11H2,1-2H3,(H,20,26)(H,21,24). The maximum atomic E-state index is 11.2. The first-order chi connectivity index (χ1) is 12.6. The molecule has 1 aliphatic carbocycles. The molecule has 26 heavy (non-hydrogen) atoms. The van der Waals surface area contributed by atoms with Gasteiger partial charge in [-0.05, 0) is 39.0 Å². The number of nitrogens with one attached hydrogen (secondary N) is 2. The highest BCUT2D eigenvalue weighted by molar-refractivity contribution is 5.72. The number of hydrogen-bond donors (Lipinski definition) is 2. The Hall–Kier alpha value is -2.44. The van der Waals surface area contributed by atoms with Gasteiger partial charge in [-0.2, -0.15) is 5.10 Å². The van der Waals surface area contributed by atoms with Crippen LogP contribution in [0.1, 0.15) is 60.4 Å². The van der Waals surface area contributed by atoms with Crippen molar-refractivity contribution in [3.8, 4) is 0 Å². The fourth-order valence-corrected chi connectivity index (χ4v) is 4.18. The van der Waals surface area contributed by atoms with Crippen LogP contribution in [0.25, 0.3) is 0 Å². The van der Waals surface area contributed by atoms with Crippen LogP contribution in [0.5, 0.6) is 0 Å². The number of aryl methyl sites for hydroxylation is 2. The van der Waals surface area contributed by atoms with E-state index in [2.05, 4.69) is 25.4 Å². The predicted octanol–water partition coefficient (Wildman–Crippen LogP) is 2.02. The summed E-state index contributed by atoms with van der Waals surface area (Å²) in [5, 5.41) is 10.2. The van der Waals surface area contributed by atoms with E-state index in [1.54, 1.807) is 0 Å². The van der Waals surface area contributed by atoms with Gasteiger partial charge in [-0.15, -0.1) is 0 Å². The first-order valence-electron chi connectivity index (χ1n) is 9.49. The van der Waals surface area contributed by atoms with E-state index in [1.165, 1.54) is 31.0 Å². The van der Waals surface area contributed by atoms with E-state index in [1.807, 2.05) is 13.1 Å². The van der Waals surface area contributed by atoms with Crippen LogP contribution < -0.4 is 10.2 Å². The van der Waals surface area contributed by atoms with Crippen molar-refractivity contribution in [1.29, 1.82) is 0 Å². The van der Waals surface area contributed by atoms with Crippen LogP contribution in [0.3, 0.4) is 0 Å². The Morgan fingerprint density at radius 1 is 1.35 bits per heavy atom. The second kappa shape index (κ2) is 7.05. The minimum Gasteiger partial charge on any atom is -0.356 e. The van der Waals surface area contributed by atoms with Gasteiger partial charge in [-0.25, -0.2) is 9.97 Å². The van der Waals surface area contributed by atoms with Crippen LogP contribution in [-0.4, -0.2) is 39.2 Å². The molecule has 2 N–H and O–H groups in total. The monoisotopic (exact) mass is 354 g/mol. The largest absolute Gasteiger partial charge is 0.356 e. The van der Waals surface area contributed by atoms with E-state index < -0.39 is 0 Å². The summed E-state index contributed by atoms with van der Waals surface area (Å²) in [6, 6.07) is 0. The van der Waals surface area contributed by atoms with Gasteiger partial charge in [-0.1, -0.05) is 0 Å². The molecule has 0 saturated carbocycles. The molecule has 2 aromatic heterocycles. The lowest BCUT2D eigenvalue weighted by atomic mass is 9.96. The highest BCUT2D eigenvalue weighted by Gasteiger charge is 2.30. The molecule has 2 aliphatic rings. The molecule has 1 amide bonds. The van der Waals surface area contributed by atoms with Crippen molar-refractivity contribution >= 4 is 11.7 Å². The fraction of sp³-hybridized carbons (Fsp3) is 0.579. The first kappa shape index (κ1) is 17.0. The van der Waals surface area contributed by atoms with Crippen molar-refractivity contribution in [1.82, 2.24) is 25.5 Å². The second-order valence-corrected chi connectivity index (χ2v) is 7.38. The molecule has 1 fully saturated rings. The predicted molar refractivity (Wildman–Crippen MR) is 99.1 cm³/mol. The Balaban J connectivity index is 1.54. The molecular weight excluding hydrogens is 328 g/mol. The van der Waals surface area contributed by atoms with Gasteiger partial charge in [0.25, 0.3) is 0 Å². The van der Waals surface area contributed by atoms with Crippen molar-refractivity contribution in [3.63, 3.8) is 0 Å². The number of rotatable bonds is 4. The Bertz CT molecular complexity index is 814. The number of anilines is 1. The third kappa shape index (κ3) is 3.30. The topological polar surface area (TPSA) is 86.8 Å². The van der Waals surface area contributed by atoms with E-state index >= 15 is 0 Å². The van der Waals surface area contributed by atoms with Crippen LogP contribution in [0.2, 0.25) is 0 Å². The number of nitrogens with zero attached hydrogens (tertiary/aromatic N) is 4. The van der Waals surface area contributed by atoms with Gasteiger partial charge in [0.05, 0.1) is 6.20 Å². The first-order valence-corrected chi connectivity index (χ1v) is 9.49. The molecule has 0 aromatic carbocycles. The zero-order chi connectivity index (χ0) is 18.1. The summed E-state index contributed by atoms with van der Waals surface area (Å²) >= 11 is 0. The molecule has 1 unspecified atom stereocenters. The lowest BCUT2D eigenvalue weighted by molar-refractivity contribution is -0.119. The SMILES string of the molecule is CC(=O)NCc1cn[nH]c1C1CCN(c2nc(C)nc3c2CCCC3)C1. The Labute approximate surface area is 153 Å². The fourth-order valence-electron chi connectivity index (χ4n) is 4.18. The number of amides is 1. The number of H-pyrrole nitrogens is 1.